The highest BCUT2D eigenvalue weighted by Crippen LogP contribution is 2.31. The van der Waals surface area contributed by atoms with E-state index in [0.717, 1.165) is 10.8 Å². The van der Waals surface area contributed by atoms with E-state index in [1.54, 1.807) is 6.07 Å². The lowest BCUT2D eigenvalue weighted by molar-refractivity contribution is 0.0701. The van der Waals surface area contributed by atoms with Gasteiger partial charge in [-0.15, -0.1) is 0 Å². The number of pyridine rings is 1. The molecule has 22 heavy (non-hydrogen) atoms. The Kier molecular flexibility index (Phi) is 2.53. The number of hydrogen-bond acceptors (Lipinski definition) is 3. The minimum absolute atomic E-state index is 0.0662. The lowest BCUT2D eigenvalue weighted by Gasteiger charge is -2.09. The molecule has 0 saturated heterocycles. The molecule has 0 saturated carbocycles. The van der Waals surface area contributed by atoms with Gasteiger partial charge >= 0.3 is 5.97 Å². The van der Waals surface area contributed by atoms with Gasteiger partial charge in [0.25, 0.3) is 0 Å². The SMILES string of the molecule is O=C(O)c1c2ccc(O)cc2nc2cc3ccccc3cc12. The zero-order valence-corrected chi connectivity index (χ0v) is 11.4. The molecule has 4 rings (SSSR count). The number of aromatic carboxylic acids is 1. The van der Waals surface area contributed by atoms with Crippen LogP contribution in [0.15, 0.2) is 54.6 Å². The first-order chi connectivity index (χ1) is 10.6. The fraction of sp³-hybridized carbons (Fsp3) is 0. The summed E-state index contributed by atoms with van der Waals surface area (Å²) in [5, 5.41) is 22.3. The van der Waals surface area contributed by atoms with E-state index < -0.39 is 5.97 Å². The topological polar surface area (TPSA) is 70.4 Å². The molecular formula is C18H11NO3. The number of fused-ring (bicyclic) bond motifs is 3. The maximum Gasteiger partial charge on any atom is 0.337 e. The van der Waals surface area contributed by atoms with Crippen molar-refractivity contribution in [2.45, 2.75) is 0 Å². The minimum Gasteiger partial charge on any atom is -0.508 e. The molecule has 0 aliphatic rings. The highest BCUT2D eigenvalue weighted by Gasteiger charge is 2.16. The summed E-state index contributed by atoms with van der Waals surface area (Å²) in [6.45, 7) is 0. The van der Waals surface area contributed by atoms with E-state index in [2.05, 4.69) is 4.98 Å². The molecule has 4 nitrogen and oxygen atoms in total. The highest BCUT2D eigenvalue weighted by atomic mass is 16.4. The average Bonchev–Trinajstić information content (AvgIpc) is 2.50. The predicted molar refractivity (Wildman–Crippen MR) is 85.4 cm³/mol. The quantitative estimate of drug-likeness (QED) is 0.521. The van der Waals surface area contributed by atoms with Gasteiger partial charge in [-0.3, -0.25) is 0 Å². The minimum atomic E-state index is -1.00. The second kappa shape index (κ2) is 4.43. The summed E-state index contributed by atoms with van der Waals surface area (Å²) in [7, 11) is 0. The summed E-state index contributed by atoms with van der Waals surface area (Å²) in [6.07, 6.45) is 0. The highest BCUT2D eigenvalue weighted by molar-refractivity contribution is 6.16. The summed E-state index contributed by atoms with van der Waals surface area (Å²) < 4.78 is 0. The molecule has 1 heterocycles. The van der Waals surface area contributed by atoms with Crippen molar-refractivity contribution in [1.29, 1.82) is 0 Å². The number of carboxylic acids is 1. The number of benzene rings is 3. The van der Waals surface area contributed by atoms with Crippen LogP contribution in [-0.4, -0.2) is 21.2 Å². The van der Waals surface area contributed by atoms with Gasteiger partial charge in [0.1, 0.15) is 5.75 Å². The number of rotatable bonds is 1. The average molecular weight is 289 g/mol. The molecular weight excluding hydrogens is 278 g/mol. The van der Waals surface area contributed by atoms with E-state index in [4.69, 9.17) is 0 Å². The second-order valence-electron chi connectivity index (χ2n) is 5.21. The van der Waals surface area contributed by atoms with Gasteiger partial charge in [0.05, 0.1) is 16.6 Å². The smallest absolute Gasteiger partial charge is 0.337 e. The third-order valence-corrected chi connectivity index (χ3v) is 3.84. The van der Waals surface area contributed by atoms with E-state index in [0.29, 0.717) is 21.8 Å². The molecule has 0 aliphatic carbocycles. The standard InChI is InChI=1S/C18H11NO3/c20-12-5-6-13-16(9-12)19-15-8-11-4-2-1-3-10(11)7-14(15)17(13)18(21)22/h1-9,20H,(H,21,22). The van der Waals surface area contributed by atoms with Gasteiger partial charge < -0.3 is 10.2 Å². The molecule has 3 aromatic carbocycles. The molecule has 0 amide bonds. The molecule has 1 aromatic heterocycles. The normalized spacial score (nSPS) is 11.3. The van der Waals surface area contributed by atoms with Crippen LogP contribution in [0.5, 0.6) is 5.75 Å². The number of hydrogen-bond donors (Lipinski definition) is 2. The largest absolute Gasteiger partial charge is 0.508 e. The first-order valence-electron chi connectivity index (χ1n) is 6.82. The van der Waals surface area contributed by atoms with Crippen LogP contribution in [0, 0.1) is 0 Å². The van der Waals surface area contributed by atoms with Crippen molar-refractivity contribution in [2.24, 2.45) is 0 Å². The van der Waals surface area contributed by atoms with Crippen LogP contribution >= 0.6 is 0 Å². The van der Waals surface area contributed by atoms with Crippen LogP contribution in [0.1, 0.15) is 10.4 Å². The zero-order chi connectivity index (χ0) is 15.3. The van der Waals surface area contributed by atoms with Crippen molar-refractivity contribution in [3.63, 3.8) is 0 Å². The maximum atomic E-state index is 11.8. The van der Waals surface area contributed by atoms with Crippen molar-refractivity contribution in [3.8, 4) is 5.75 Å². The Morgan fingerprint density at radius 3 is 2.27 bits per heavy atom. The second-order valence-corrected chi connectivity index (χ2v) is 5.21. The Labute approximate surface area is 125 Å². The summed E-state index contributed by atoms with van der Waals surface area (Å²) >= 11 is 0. The Hall–Kier alpha value is -3.14. The van der Waals surface area contributed by atoms with Crippen LogP contribution in [-0.2, 0) is 0 Å². The van der Waals surface area contributed by atoms with Crippen LogP contribution in [0.3, 0.4) is 0 Å². The third-order valence-electron chi connectivity index (χ3n) is 3.84. The molecule has 4 heteroatoms. The van der Waals surface area contributed by atoms with Gasteiger partial charge in [-0.2, -0.15) is 0 Å². The lowest BCUT2D eigenvalue weighted by Crippen LogP contribution is -2.01. The fourth-order valence-corrected chi connectivity index (χ4v) is 2.85. The molecule has 106 valence electrons. The molecule has 0 bridgehead atoms. The maximum absolute atomic E-state index is 11.8. The van der Waals surface area contributed by atoms with E-state index in [1.807, 2.05) is 36.4 Å². The molecule has 0 radical (unpaired) electrons. The first kappa shape index (κ1) is 12.6. The monoisotopic (exact) mass is 289 g/mol. The predicted octanol–water partition coefficient (Wildman–Crippen LogP) is 3.95. The van der Waals surface area contributed by atoms with Crippen molar-refractivity contribution >= 4 is 38.5 Å². The number of carbonyl (C=O) groups is 1. The molecule has 0 atom stereocenters. The summed E-state index contributed by atoms with van der Waals surface area (Å²) in [5.74, 6) is -0.935. The van der Waals surface area contributed by atoms with Crippen molar-refractivity contribution in [3.05, 3.63) is 60.2 Å². The van der Waals surface area contributed by atoms with Gasteiger partial charge in [0.2, 0.25) is 0 Å². The zero-order valence-electron chi connectivity index (χ0n) is 11.4. The first-order valence-corrected chi connectivity index (χ1v) is 6.82. The van der Waals surface area contributed by atoms with Crippen LogP contribution in [0.2, 0.25) is 0 Å². The van der Waals surface area contributed by atoms with Gasteiger partial charge in [0, 0.05) is 16.8 Å². The van der Waals surface area contributed by atoms with E-state index in [-0.39, 0.29) is 11.3 Å². The van der Waals surface area contributed by atoms with Crippen LogP contribution in [0.25, 0.3) is 32.6 Å². The molecule has 0 aliphatic heterocycles. The fourth-order valence-electron chi connectivity index (χ4n) is 2.85. The van der Waals surface area contributed by atoms with Crippen molar-refractivity contribution in [2.75, 3.05) is 0 Å². The molecule has 0 spiro atoms. The van der Waals surface area contributed by atoms with Gasteiger partial charge in [-0.1, -0.05) is 24.3 Å². The van der Waals surface area contributed by atoms with Gasteiger partial charge in [0.15, 0.2) is 0 Å². The Bertz CT molecular complexity index is 1070. The third kappa shape index (κ3) is 1.78. The molecule has 0 unspecified atom stereocenters. The van der Waals surface area contributed by atoms with Crippen LogP contribution in [0.4, 0.5) is 0 Å². The molecule has 4 aromatic rings. The summed E-state index contributed by atoms with van der Waals surface area (Å²) in [4.78, 5) is 16.3. The number of carboxylic acid groups (broad SMARTS) is 1. The van der Waals surface area contributed by atoms with E-state index >= 15 is 0 Å². The Balaban J connectivity index is 2.26. The number of phenols is 1. The molecule has 2 N–H and O–H groups in total. The Morgan fingerprint density at radius 2 is 1.55 bits per heavy atom. The van der Waals surface area contributed by atoms with Crippen LogP contribution < -0.4 is 0 Å². The summed E-state index contributed by atoms with van der Waals surface area (Å²) in [5.41, 5.74) is 1.29. The van der Waals surface area contributed by atoms with Crippen molar-refractivity contribution < 1.29 is 15.0 Å². The lowest BCUT2D eigenvalue weighted by atomic mass is 9.99. The number of aromatic nitrogens is 1. The van der Waals surface area contributed by atoms with Gasteiger partial charge in [-0.05, 0) is 35.0 Å². The number of nitrogens with zero attached hydrogens (tertiary/aromatic N) is 1. The number of phenolic OH excluding ortho intramolecular Hbond substituents is 1. The number of aromatic hydroxyl groups is 1. The van der Waals surface area contributed by atoms with Crippen molar-refractivity contribution in [1.82, 2.24) is 4.98 Å². The van der Waals surface area contributed by atoms with E-state index in [1.165, 1.54) is 12.1 Å². The summed E-state index contributed by atoms with van der Waals surface area (Å²) in [6, 6.07) is 16.0. The van der Waals surface area contributed by atoms with Gasteiger partial charge in [-0.25, -0.2) is 9.78 Å². The Morgan fingerprint density at radius 1 is 0.864 bits per heavy atom. The molecule has 0 fully saturated rings. The van der Waals surface area contributed by atoms with E-state index in [9.17, 15) is 15.0 Å².